The van der Waals surface area contributed by atoms with Crippen LogP contribution in [-0.4, -0.2) is 67.3 Å². The molecule has 0 aliphatic carbocycles. The van der Waals surface area contributed by atoms with E-state index in [9.17, 15) is 14.0 Å². The number of halogens is 1. The minimum Gasteiger partial charge on any atom is -0.442 e. The van der Waals surface area contributed by atoms with E-state index in [0.29, 0.717) is 50.6 Å². The van der Waals surface area contributed by atoms with Crippen molar-refractivity contribution in [2.45, 2.75) is 32.8 Å². The largest absolute Gasteiger partial charge is 0.442 e. The van der Waals surface area contributed by atoms with E-state index in [1.54, 1.807) is 24.0 Å². The number of carbonyl (C=O) groups excluding carboxylic acids is 2. The van der Waals surface area contributed by atoms with Crippen molar-refractivity contribution in [3.05, 3.63) is 24.0 Å². The number of hydrogen-bond donors (Lipinski definition) is 1. The molecule has 0 saturated carbocycles. The van der Waals surface area contributed by atoms with Crippen LogP contribution in [0, 0.1) is 5.82 Å². The second-order valence-corrected chi connectivity index (χ2v) is 7.79. The smallest absolute Gasteiger partial charge is 0.414 e. The molecule has 2 saturated heterocycles. The van der Waals surface area contributed by atoms with Crippen molar-refractivity contribution in [2.24, 2.45) is 0 Å². The van der Waals surface area contributed by atoms with Crippen LogP contribution < -0.4 is 15.1 Å². The molecule has 2 heterocycles. The Kier molecular flexibility index (Phi) is 6.89. The van der Waals surface area contributed by atoms with Gasteiger partial charge in [-0.25, -0.2) is 9.18 Å². The molecule has 0 radical (unpaired) electrons. The molecule has 1 aromatic rings. The van der Waals surface area contributed by atoms with Crippen LogP contribution in [0.4, 0.5) is 20.6 Å². The third-order valence-corrected chi connectivity index (χ3v) is 5.54. The van der Waals surface area contributed by atoms with Crippen LogP contribution in [0.2, 0.25) is 0 Å². The van der Waals surface area contributed by atoms with Gasteiger partial charge in [0.15, 0.2) is 0 Å². The molecule has 2 fully saturated rings. The van der Waals surface area contributed by atoms with Crippen LogP contribution in [-0.2, 0) is 9.53 Å². The Hall–Kier alpha value is -2.42. The number of anilines is 2. The quantitative estimate of drug-likeness (QED) is 0.711. The molecule has 2 amide bonds. The van der Waals surface area contributed by atoms with E-state index in [-0.39, 0.29) is 12.0 Å². The topological polar surface area (TPSA) is 65.1 Å². The first kappa shape index (κ1) is 21.3. The second kappa shape index (κ2) is 9.39. The summed E-state index contributed by atoms with van der Waals surface area (Å²) in [6.45, 7) is 6.68. The zero-order valence-electron chi connectivity index (χ0n) is 16.8. The number of benzene rings is 1. The summed E-state index contributed by atoms with van der Waals surface area (Å²) in [7, 11) is 0. The van der Waals surface area contributed by atoms with Gasteiger partial charge < -0.3 is 19.9 Å². The molecule has 1 N–H and O–H groups in total. The molecular weight excluding hydrogens is 395 g/mol. The number of amides is 2. The van der Waals surface area contributed by atoms with E-state index >= 15 is 0 Å². The Morgan fingerprint density at radius 2 is 2.03 bits per heavy atom. The predicted molar refractivity (Wildman–Crippen MR) is 114 cm³/mol. The highest BCUT2D eigenvalue weighted by Gasteiger charge is 2.33. The summed E-state index contributed by atoms with van der Waals surface area (Å²) >= 11 is 5.21. The summed E-state index contributed by atoms with van der Waals surface area (Å²) in [5, 5.41) is 3.11. The maximum Gasteiger partial charge on any atom is 0.414 e. The number of hydrogen-bond acceptors (Lipinski definition) is 5. The average Bonchev–Trinajstić information content (AvgIpc) is 3.07. The van der Waals surface area contributed by atoms with Gasteiger partial charge in [-0.2, -0.15) is 0 Å². The Balaban J connectivity index is 1.60. The first-order valence-electron chi connectivity index (χ1n) is 9.94. The van der Waals surface area contributed by atoms with Gasteiger partial charge in [0.2, 0.25) is 5.91 Å². The Morgan fingerprint density at radius 3 is 2.66 bits per heavy atom. The van der Waals surface area contributed by atoms with Crippen LogP contribution in [0.1, 0.15) is 26.7 Å². The maximum absolute atomic E-state index is 14.8. The molecule has 0 spiro atoms. The first-order chi connectivity index (χ1) is 13.9. The summed E-state index contributed by atoms with van der Waals surface area (Å²) in [5.74, 6) is -0.357. The van der Waals surface area contributed by atoms with Gasteiger partial charge in [-0.3, -0.25) is 9.69 Å². The molecule has 7 nitrogen and oxygen atoms in total. The summed E-state index contributed by atoms with van der Waals surface area (Å²) in [5.41, 5.74) is 0.949. The fraction of sp³-hybridized carbons (Fsp3) is 0.550. The summed E-state index contributed by atoms with van der Waals surface area (Å²) in [6, 6.07) is 4.78. The first-order valence-corrected chi connectivity index (χ1v) is 10.3. The Bertz CT molecular complexity index is 783. The number of cyclic esters (lactones) is 1. The summed E-state index contributed by atoms with van der Waals surface area (Å²) < 4.78 is 20.1. The fourth-order valence-electron chi connectivity index (χ4n) is 3.56. The van der Waals surface area contributed by atoms with Crippen molar-refractivity contribution < 1.29 is 18.7 Å². The molecule has 2 aliphatic rings. The molecule has 1 aromatic carbocycles. The zero-order chi connectivity index (χ0) is 21.0. The van der Waals surface area contributed by atoms with Gasteiger partial charge >= 0.3 is 6.09 Å². The molecular formula is C20H27FN4O3S. The second-order valence-electron chi connectivity index (χ2n) is 7.30. The van der Waals surface area contributed by atoms with E-state index in [2.05, 4.69) is 5.32 Å². The fourth-order valence-corrected chi connectivity index (χ4v) is 3.85. The molecule has 0 aromatic heterocycles. The summed E-state index contributed by atoms with van der Waals surface area (Å²) in [6.07, 6.45) is 0.936. The van der Waals surface area contributed by atoms with E-state index in [0.717, 1.165) is 17.8 Å². The van der Waals surface area contributed by atoms with Gasteiger partial charge in [-0.1, -0.05) is 19.1 Å². The van der Waals surface area contributed by atoms with Crippen LogP contribution in [0.5, 0.6) is 0 Å². The monoisotopic (exact) mass is 422 g/mol. The minimum absolute atomic E-state index is 0.0347. The number of rotatable bonds is 6. The van der Waals surface area contributed by atoms with Crippen molar-refractivity contribution in [1.29, 1.82) is 0 Å². The number of piperazine rings is 1. The van der Waals surface area contributed by atoms with Gasteiger partial charge in [-0.05, 0) is 31.0 Å². The van der Waals surface area contributed by atoms with E-state index in [1.165, 1.54) is 11.0 Å². The van der Waals surface area contributed by atoms with E-state index in [1.807, 2.05) is 11.8 Å². The van der Waals surface area contributed by atoms with E-state index < -0.39 is 11.9 Å². The van der Waals surface area contributed by atoms with Crippen molar-refractivity contribution in [1.82, 2.24) is 10.2 Å². The number of ether oxygens (including phenoxy) is 1. The standard InChI is InChI=1S/C20H27FN4O3S/c1-3-4-19(29)22-12-16-13-25(20(27)28-16)15-5-6-18(17(21)11-15)24-9-7-23(8-10-24)14(2)26/h5-6,11,16H,3-4,7-10,12-13H2,1-2H3,(H,22,29). The third kappa shape index (κ3) is 5.14. The van der Waals surface area contributed by atoms with Crippen molar-refractivity contribution >= 4 is 40.6 Å². The molecule has 9 heteroatoms. The van der Waals surface area contributed by atoms with Crippen LogP contribution in [0.3, 0.4) is 0 Å². The number of thiocarbonyl (C=S) groups is 1. The lowest BCUT2D eigenvalue weighted by atomic mass is 10.2. The van der Waals surface area contributed by atoms with Crippen molar-refractivity contribution in [3.8, 4) is 0 Å². The number of nitrogens with one attached hydrogen (secondary N) is 1. The number of carbonyl (C=O) groups is 2. The SMILES string of the molecule is CCCC(=S)NCC1CN(c2ccc(N3CCN(C(C)=O)CC3)c(F)c2)C(=O)O1. The molecule has 0 bridgehead atoms. The van der Waals surface area contributed by atoms with Crippen LogP contribution >= 0.6 is 12.2 Å². The molecule has 3 rings (SSSR count). The zero-order valence-corrected chi connectivity index (χ0v) is 17.6. The van der Waals surface area contributed by atoms with E-state index in [4.69, 9.17) is 17.0 Å². The predicted octanol–water partition coefficient (Wildman–Crippen LogP) is 2.54. The van der Waals surface area contributed by atoms with Gasteiger partial charge in [0, 0.05) is 33.1 Å². The highest BCUT2D eigenvalue weighted by molar-refractivity contribution is 7.80. The van der Waals surface area contributed by atoms with Gasteiger partial charge in [0.25, 0.3) is 0 Å². The lowest BCUT2D eigenvalue weighted by Gasteiger charge is -2.35. The highest BCUT2D eigenvalue weighted by Crippen LogP contribution is 2.28. The minimum atomic E-state index is -0.486. The normalized spacial score (nSPS) is 19.3. The maximum atomic E-state index is 14.8. The molecule has 158 valence electrons. The van der Waals surface area contributed by atoms with Crippen LogP contribution in [0.15, 0.2) is 18.2 Å². The number of nitrogens with zero attached hydrogens (tertiary/aromatic N) is 3. The average molecular weight is 423 g/mol. The lowest BCUT2D eigenvalue weighted by Crippen LogP contribution is -2.48. The van der Waals surface area contributed by atoms with Gasteiger partial charge in [0.05, 0.1) is 29.5 Å². The Labute approximate surface area is 175 Å². The Morgan fingerprint density at radius 1 is 1.31 bits per heavy atom. The third-order valence-electron chi connectivity index (χ3n) is 5.19. The van der Waals surface area contributed by atoms with Gasteiger partial charge in [-0.15, -0.1) is 0 Å². The van der Waals surface area contributed by atoms with Crippen LogP contribution in [0.25, 0.3) is 0 Å². The molecule has 29 heavy (non-hydrogen) atoms. The molecule has 1 atom stereocenters. The lowest BCUT2D eigenvalue weighted by molar-refractivity contribution is -0.129. The van der Waals surface area contributed by atoms with Crippen molar-refractivity contribution in [3.63, 3.8) is 0 Å². The highest BCUT2D eigenvalue weighted by atomic mass is 32.1. The summed E-state index contributed by atoms with van der Waals surface area (Å²) in [4.78, 5) is 29.5. The molecule has 2 aliphatic heterocycles. The van der Waals surface area contributed by atoms with Crippen molar-refractivity contribution in [2.75, 3.05) is 49.1 Å². The van der Waals surface area contributed by atoms with Gasteiger partial charge in [0.1, 0.15) is 11.9 Å². The molecule has 1 unspecified atom stereocenters.